The topological polar surface area (TPSA) is 107 Å². The molecular weight excluding hydrogens is 652 g/mol. The first-order chi connectivity index (χ1) is 24.7. The molecule has 10 nitrogen and oxygen atoms in total. The molecule has 2 saturated heterocycles. The van der Waals surface area contributed by atoms with Crippen molar-refractivity contribution >= 4 is 33.9 Å². The molecule has 7 rings (SSSR count). The minimum absolute atomic E-state index is 0.0391. The van der Waals surface area contributed by atoms with Gasteiger partial charge < -0.3 is 29.9 Å². The van der Waals surface area contributed by atoms with Crippen LogP contribution >= 0.6 is 0 Å². The summed E-state index contributed by atoms with van der Waals surface area (Å²) in [6.07, 6.45) is 12.9. The molecule has 3 aliphatic rings. The summed E-state index contributed by atoms with van der Waals surface area (Å²) in [4.78, 5) is 32.6. The summed E-state index contributed by atoms with van der Waals surface area (Å²) in [5, 5.41) is 14.9. The van der Waals surface area contributed by atoms with E-state index in [0.29, 0.717) is 42.5 Å². The van der Waals surface area contributed by atoms with E-state index in [1.165, 1.54) is 12.1 Å². The van der Waals surface area contributed by atoms with E-state index in [9.17, 15) is 18.7 Å². The normalized spacial score (nSPS) is 21.9. The molecule has 0 bridgehead atoms. The number of halogens is 2. The van der Waals surface area contributed by atoms with Crippen molar-refractivity contribution in [3.8, 4) is 24.1 Å². The minimum Gasteiger partial charge on any atom is -0.508 e. The summed E-state index contributed by atoms with van der Waals surface area (Å²) in [6, 6.07) is 9.89. The van der Waals surface area contributed by atoms with Crippen molar-refractivity contribution in [3.63, 3.8) is 0 Å². The van der Waals surface area contributed by atoms with Crippen LogP contribution in [0.4, 0.5) is 26.0 Å². The molecule has 2 aromatic heterocycles. The number of rotatable bonds is 8. The van der Waals surface area contributed by atoms with Crippen molar-refractivity contribution in [2.45, 2.75) is 63.3 Å². The number of phenolic OH excluding ortho intramolecular Hbond substituents is 1. The van der Waals surface area contributed by atoms with Gasteiger partial charge in [-0.05, 0) is 68.3 Å². The van der Waals surface area contributed by atoms with Crippen molar-refractivity contribution in [1.29, 1.82) is 0 Å². The van der Waals surface area contributed by atoms with Crippen LogP contribution in [0.2, 0.25) is 0 Å². The van der Waals surface area contributed by atoms with Gasteiger partial charge in [-0.1, -0.05) is 18.6 Å². The molecule has 2 fully saturated rings. The van der Waals surface area contributed by atoms with Gasteiger partial charge in [-0.25, -0.2) is 8.78 Å². The number of benzene rings is 2. The average Bonchev–Trinajstić information content (AvgIpc) is 3.27. The Labute approximate surface area is 296 Å². The summed E-state index contributed by atoms with van der Waals surface area (Å²) in [5.41, 5.74) is 2.60. The van der Waals surface area contributed by atoms with Gasteiger partial charge in [0.05, 0.1) is 23.3 Å². The number of ether oxygens (including phenoxy) is 1. The number of carbonyl (C=O) groups excluding carboxylic acids is 1. The predicted molar refractivity (Wildman–Crippen MR) is 193 cm³/mol. The summed E-state index contributed by atoms with van der Waals surface area (Å²) >= 11 is 0. The first-order valence-corrected chi connectivity index (χ1v) is 17.3. The fraction of sp³-hybridized carbons (Fsp3) is 0.385. The van der Waals surface area contributed by atoms with Gasteiger partial charge in [0.25, 0.3) is 0 Å². The van der Waals surface area contributed by atoms with Crippen molar-refractivity contribution < 1.29 is 23.4 Å². The highest BCUT2D eigenvalue weighted by molar-refractivity contribution is 6.00. The Morgan fingerprint density at radius 1 is 1.18 bits per heavy atom. The van der Waals surface area contributed by atoms with E-state index in [2.05, 4.69) is 27.7 Å². The van der Waals surface area contributed by atoms with E-state index in [1.807, 2.05) is 28.9 Å². The molecule has 0 aliphatic carbocycles. The second-order valence-corrected chi connectivity index (χ2v) is 13.8. The minimum atomic E-state index is -1.03. The molecule has 2 aromatic carbocycles. The van der Waals surface area contributed by atoms with E-state index in [1.54, 1.807) is 30.6 Å². The number of anilines is 3. The van der Waals surface area contributed by atoms with Gasteiger partial charge in [-0.2, -0.15) is 9.97 Å². The van der Waals surface area contributed by atoms with Gasteiger partial charge in [0.1, 0.15) is 30.2 Å². The quantitative estimate of drug-likeness (QED) is 0.184. The molecule has 51 heavy (non-hydrogen) atoms. The van der Waals surface area contributed by atoms with Gasteiger partial charge in [0, 0.05) is 79.4 Å². The zero-order valence-corrected chi connectivity index (χ0v) is 28.6. The van der Waals surface area contributed by atoms with Crippen molar-refractivity contribution in [2.24, 2.45) is 0 Å². The zero-order valence-electron chi connectivity index (χ0n) is 28.6. The molecule has 0 radical (unpaired) electrons. The summed E-state index contributed by atoms with van der Waals surface area (Å²) in [7, 11) is 0. The largest absolute Gasteiger partial charge is 0.508 e. The fourth-order valence-electron chi connectivity index (χ4n) is 7.79. The lowest BCUT2D eigenvalue weighted by Gasteiger charge is -2.37. The van der Waals surface area contributed by atoms with Crippen LogP contribution in [0.1, 0.15) is 49.4 Å². The van der Waals surface area contributed by atoms with Crippen LogP contribution in [-0.2, 0) is 17.8 Å². The number of aromatic nitrogens is 3. The number of nitrogens with zero attached hydrogens (tertiary/aromatic N) is 6. The highest BCUT2D eigenvalue weighted by Gasteiger charge is 2.43. The second kappa shape index (κ2) is 14.1. The molecule has 3 atom stereocenters. The molecule has 5 heterocycles. The third-order valence-corrected chi connectivity index (χ3v) is 10.2. The Morgan fingerprint density at radius 2 is 2.00 bits per heavy atom. The Hall–Kier alpha value is -5.44. The number of hydrogen-bond acceptors (Lipinski definition) is 9. The average molecular weight is 694 g/mol. The van der Waals surface area contributed by atoms with Gasteiger partial charge in [-0.3, -0.25) is 9.78 Å². The molecule has 3 aliphatic heterocycles. The number of fused-ring (bicyclic) bond motifs is 2. The SMILES string of the molecule is C#Cc1c(F)ccc2cc(O)cc(N3CCc4c(nc(OC[C@]5(C)C[C@@H](F)CN5c5ccncc5)nc4N4CCCCC(NC(=O)C=C)C4)C3)c12. The van der Waals surface area contributed by atoms with E-state index >= 15 is 0 Å². The number of phenols is 1. The number of nitrogens with one attached hydrogen (secondary N) is 1. The number of terminal acetylenes is 1. The predicted octanol–water partition coefficient (Wildman–Crippen LogP) is 5.46. The molecule has 4 aromatic rings. The van der Waals surface area contributed by atoms with Crippen molar-refractivity contribution in [3.05, 3.63) is 84.1 Å². The molecular formula is C39H41F2N7O3. The molecule has 0 spiro atoms. The summed E-state index contributed by atoms with van der Waals surface area (Å²) in [5.74, 6) is 2.55. The van der Waals surface area contributed by atoms with E-state index in [0.717, 1.165) is 48.6 Å². The third kappa shape index (κ3) is 6.85. The van der Waals surface area contributed by atoms with Crippen LogP contribution in [-0.4, -0.2) is 76.5 Å². The number of pyridine rings is 1. The van der Waals surface area contributed by atoms with Crippen LogP contribution in [0.25, 0.3) is 10.8 Å². The monoisotopic (exact) mass is 693 g/mol. The number of hydrogen-bond donors (Lipinski definition) is 2. The van der Waals surface area contributed by atoms with E-state index < -0.39 is 17.5 Å². The smallest absolute Gasteiger partial charge is 0.318 e. The highest BCUT2D eigenvalue weighted by atomic mass is 19.1. The number of amides is 1. The summed E-state index contributed by atoms with van der Waals surface area (Å²) < 4.78 is 36.4. The molecule has 12 heteroatoms. The first kappa shape index (κ1) is 34.0. The Bertz CT molecular complexity index is 2000. The number of alkyl halides is 1. The molecule has 264 valence electrons. The van der Waals surface area contributed by atoms with Crippen LogP contribution in [0, 0.1) is 18.2 Å². The maximum atomic E-state index is 15.0. The Morgan fingerprint density at radius 3 is 2.78 bits per heavy atom. The highest BCUT2D eigenvalue weighted by Crippen LogP contribution is 2.40. The van der Waals surface area contributed by atoms with Crippen LogP contribution in [0.5, 0.6) is 11.8 Å². The third-order valence-electron chi connectivity index (χ3n) is 10.2. The summed E-state index contributed by atoms with van der Waals surface area (Å²) in [6.45, 7) is 8.08. The fourth-order valence-corrected chi connectivity index (χ4v) is 7.79. The molecule has 1 unspecified atom stereocenters. The van der Waals surface area contributed by atoms with Gasteiger partial charge in [0.15, 0.2) is 0 Å². The van der Waals surface area contributed by atoms with Crippen LogP contribution in [0.15, 0.2) is 61.4 Å². The lowest BCUT2D eigenvalue weighted by Crippen LogP contribution is -2.46. The maximum absolute atomic E-state index is 15.0. The van der Waals surface area contributed by atoms with Gasteiger partial charge >= 0.3 is 6.01 Å². The van der Waals surface area contributed by atoms with Gasteiger partial charge in [0.2, 0.25) is 5.91 Å². The Balaban J connectivity index is 1.26. The van der Waals surface area contributed by atoms with Gasteiger partial charge in [-0.15, -0.1) is 6.42 Å². The van der Waals surface area contributed by atoms with Crippen LogP contribution < -0.4 is 24.8 Å². The maximum Gasteiger partial charge on any atom is 0.318 e. The lowest BCUT2D eigenvalue weighted by atomic mass is 9.98. The zero-order chi connectivity index (χ0) is 35.7. The lowest BCUT2D eigenvalue weighted by molar-refractivity contribution is -0.117. The Kier molecular flexibility index (Phi) is 9.38. The molecule has 1 amide bonds. The van der Waals surface area contributed by atoms with E-state index in [4.69, 9.17) is 21.1 Å². The first-order valence-electron chi connectivity index (χ1n) is 17.3. The molecule has 2 N–H and O–H groups in total. The number of carbonyl (C=O) groups is 1. The standard InChI is InChI=1S/C39H41F2N7O3/c1-4-30-32(41)10-9-25-18-29(49)19-34(36(25)30)46-17-13-31-33(23-46)44-38(45-37(31)47-16-7-6-8-27(22-47)43-35(50)5-2)51-24-39(3)20-26(40)21-48(39)28-11-14-42-15-12-28/h1,5,9-12,14-15,18-19,26-27,49H,2,6-8,13,16-17,20-24H2,3H3,(H,43,50)/t26-,27?,39+/m1/s1. The van der Waals surface area contributed by atoms with E-state index in [-0.39, 0.29) is 48.8 Å². The van der Waals surface area contributed by atoms with Crippen molar-refractivity contribution in [1.82, 2.24) is 20.3 Å². The second-order valence-electron chi connectivity index (χ2n) is 13.8. The van der Waals surface area contributed by atoms with Crippen LogP contribution in [0.3, 0.4) is 0 Å². The number of aromatic hydroxyl groups is 1. The molecule has 0 saturated carbocycles. The van der Waals surface area contributed by atoms with Crippen molar-refractivity contribution in [2.75, 3.05) is 47.5 Å².